The van der Waals surface area contributed by atoms with Crippen LogP contribution in [-0.4, -0.2) is 34.4 Å². The van der Waals surface area contributed by atoms with Crippen LogP contribution in [0.25, 0.3) is 22.1 Å². The van der Waals surface area contributed by atoms with E-state index in [2.05, 4.69) is 30.7 Å². The number of nitrogens with zero attached hydrogens (tertiary/aromatic N) is 6. The third-order valence-corrected chi connectivity index (χ3v) is 5.10. The zero-order chi connectivity index (χ0) is 17.8. The van der Waals surface area contributed by atoms with E-state index in [1.54, 1.807) is 13.1 Å². The molecule has 5 rings (SSSR count). The Hall–Kier alpha value is -3.18. The van der Waals surface area contributed by atoms with Gasteiger partial charge >= 0.3 is 0 Å². The number of aromatic nitrogens is 6. The zero-order valence-corrected chi connectivity index (χ0v) is 14.2. The maximum atomic E-state index is 10.3. The van der Waals surface area contributed by atoms with E-state index in [9.17, 15) is 5.11 Å². The number of imidazole rings is 1. The van der Waals surface area contributed by atoms with Gasteiger partial charge in [0, 0.05) is 17.3 Å². The molecule has 0 fully saturated rings. The van der Waals surface area contributed by atoms with Gasteiger partial charge in [-0.2, -0.15) is 10.4 Å². The normalized spacial score (nSPS) is 18.1. The fraction of sp³-hybridized carbons (Fsp3) is 0.333. The van der Waals surface area contributed by atoms with E-state index in [1.165, 1.54) is 0 Å². The summed E-state index contributed by atoms with van der Waals surface area (Å²) in [5.41, 5.74) is 4.08. The second kappa shape index (κ2) is 5.41. The summed E-state index contributed by atoms with van der Waals surface area (Å²) in [5.74, 6) is 0.636. The van der Waals surface area contributed by atoms with Gasteiger partial charge in [-0.05, 0) is 31.9 Å². The van der Waals surface area contributed by atoms with Crippen LogP contribution in [0.4, 0.5) is 0 Å². The molecular weight excluding hydrogens is 330 g/mol. The lowest BCUT2D eigenvalue weighted by Gasteiger charge is -2.27. The lowest BCUT2D eigenvalue weighted by atomic mass is 10.0. The highest BCUT2D eigenvalue weighted by Gasteiger charge is 2.28. The predicted octanol–water partition coefficient (Wildman–Crippen LogP) is 2.22. The molecule has 5 heterocycles. The SMILES string of the molecule is C[C@@H](O)c1nc2cnc3[nH]ccc3c2n1[C@@H]1CCc2cc(C#N)nn2C1. The number of fused-ring (bicyclic) bond motifs is 4. The number of pyridine rings is 1. The Morgan fingerprint density at radius 3 is 3.15 bits per heavy atom. The van der Waals surface area contributed by atoms with Gasteiger partial charge in [-0.25, -0.2) is 9.97 Å². The molecule has 8 nitrogen and oxygen atoms in total. The lowest BCUT2D eigenvalue weighted by Crippen LogP contribution is -2.25. The number of aliphatic hydroxyl groups is 1. The predicted molar refractivity (Wildman–Crippen MR) is 94.3 cm³/mol. The molecule has 1 aliphatic rings. The van der Waals surface area contributed by atoms with Crippen LogP contribution in [0, 0.1) is 11.3 Å². The molecule has 0 radical (unpaired) electrons. The Morgan fingerprint density at radius 2 is 2.35 bits per heavy atom. The Bertz CT molecular complexity index is 1170. The van der Waals surface area contributed by atoms with Crippen LogP contribution in [0.3, 0.4) is 0 Å². The van der Waals surface area contributed by atoms with Crippen molar-refractivity contribution >= 4 is 22.1 Å². The maximum absolute atomic E-state index is 10.3. The Morgan fingerprint density at radius 1 is 1.46 bits per heavy atom. The van der Waals surface area contributed by atoms with Gasteiger partial charge in [-0.1, -0.05) is 0 Å². The molecule has 2 N–H and O–H groups in total. The molecule has 0 spiro atoms. The minimum Gasteiger partial charge on any atom is -0.385 e. The second-order valence-corrected chi connectivity index (χ2v) is 6.76. The van der Waals surface area contributed by atoms with Crippen LogP contribution >= 0.6 is 0 Å². The number of hydrogen-bond acceptors (Lipinski definition) is 5. The number of hydrogen-bond donors (Lipinski definition) is 2. The molecule has 0 amide bonds. The minimum absolute atomic E-state index is 0.101. The van der Waals surface area contributed by atoms with Crippen molar-refractivity contribution in [2.24, 2.45) is 0 Å². The molecule has 0 saturated heterocycles. The van der Waals surface area contributed by atoms with Crippen LogP contribution in [0.5, 0.6) is 0 Å². The molecule has 4 aromatic rings. The van der Waals surface area contributed by atoms with Gasteiger partial charge < -0.3 is 14.7 Å². The highest BCUT2D eigenvalue weighted by atomic mass is 16.3. The van der Waals surface area contributed by atoms with E-state index < -0.39 is 6.10 Å². The summed E-state index contributed by atoms with van der Waals surface area (Å²) < 4.78 is 4.04. The van der Waals surface area contributed by atoms with Gasteiger partial charge in [0.2, 0.25) is 0 Å². The number of aryl methyl sites for hydroxylation is 1. The Labute approximate surface area is 148 Å². The monoisotopic (exact) mass is 347 g/mol. The van der Waals surface area contributed by atoms with Crippen LogP contribution in [0.1, 0.15) is 42.7 Å². The Balaban J connectivity index is 1.71. The number of nitriles is 1. The van der Waals surface area contributed by atoms with E-state index in [0.717, 1.165) is 40.6 Å². The standard InChI is InChI=1S/C18H17N7O/c1-10(26)18-22-15-8-21-17-14(4-5-20-17)16(15)25(18)13-3-2-12-6-11(7-19)23-24(12)9-13/h4-6,8,10,13,26H,2-3,9H2,1H3,(H,20,21)/t10-,13-/m1/s1. The van der Waals surface area contributed by atoms with E-state index >= 15 is 0 Å². The van der Waals surface area contributed by atoms with Crippen molar-refractivity contribution in [2.45, 2.75) is 38.5 Å². The number of aromatic amines is 1. The first-order valence-electron chi connectivity index (χ1n) is 8.64. The first-order chi connectivity index (χ1) is 12.7. The summed E-state index contributed by atoms with van der Waals surface area (Å²) in [6.07, 6.45) is 4.65. The zero-order valence-electron chi connectivity index (χ0n) is 14.2. The smallest absolute Gasteiger partial charge is 0.162 e. The summed E-state index contributed by atoms with van der Waals surface area (Å²) in [6, 6.07) is 6.06. The van der Waals surface area contributed by atoms with Gasteiger partial charge in [0.25, 0.3) is 0 Å². The molecule has 0 bridgehead atoms. The van der Waals surface area contributed by atoms with Crippen LogP contribution in [-0.2, 0) is 13.0 Å². The third kappa shape index (κ3) is 2.07. The number of H-pyrrole nitrogens is 1. The molecular formula is C18H17N7O. The quantitative estimate of drug-likeness (QED) is 0.578. The van der Waals surface area contributed by atoms with Crippen molar-refractivity contribution in [1.29, 1.82) is 5.26 Å². The van der Waals surface area contributed by atoms with Gasteiger partial charge in [0.15, 0.2) is 5.69 Å². The molecule has 0 saturated carbocycles. The molecule has 8 heteroatoms. The van der Waals surface area contributed by atoms with E-state index in [-0.39, 0.29) is 6.04 Å². The fourth-order valence-electron chi connectivity index (χ4n) is 3.96. The third-order valence-electron chi connectivity index (χ3n) is 5.10. The fourth-order valence-corrected chi connectivity index (χ4v) is 3.96. The van der Waals surface area contributed by atoms with Gasteiger partial charge in [-0.15, -0.1) is 0 Å². The van der Waals surface area contributed by atoms with Crippen LogP contribution < -0.4 is 0 Å². The van der Waals surface area contributed by atoms with Crippen molar-refractivity contribution in [2.75, 3.05) is 0 Å². The molecule has 26 heavy (non-hydrogen) atoms. The molecule has 4 aromatic heterocycles. The van der Waals surface area contributed by atoms with E-state index in [0.29, 0.717) is 18.1 Å². The molecule has 0 aromatic carbocycles. The summed E-state index contributed by atoms with van der Waals surface area (Å²) in [7, 11) is 0. The Kier molecular flexibility index (Phi) is 3.14. The summed E-state index contributed by atoms with van der Waals surface area (Å²) in [5, 5.41) is 24.8. The van der Waals surface area contributed by atoms with Crippen molar-refractivity contribution in [3.63, 3.8) is 0 Å². The van der Waals surface area contributed by atoms with Crippen molar-refractivity contribution in [1.82, 2.24) is 29.3 Å². The van der Waals surface area contributed by atoms with Gasteiger partial charge in [0.1, 0.15) is 29.2 Å². The lowest BCUT2D eigenvalue weighted by molar-refractivity contribution is 0.177. The molecule has 0 aliphatic carbocycles. The second-order valence-electron chi connectivity index (χ2n) is 6.76. The van der Waals surface area contributed by atoms with E-state index in [4.69, 9.17) is 5.26 Å². The number of rotatable bonds is 2. The summed E-state index contributed by atoms with van der Waals surface area (Å²) >= 11 is 0. The topological polar surface area (TPSA) is 108 Å². The molecule has 0 unspecified atom stereocenters. The first kappa shape index (κ1) is 15.1. The number of aliphatic hydroxyl groups excluding tert-OH is 1. The molecule has 130 valence electrons. The summed E-state index contributed by atoms with van der Waals surface area (Å²) in [6.45, 7) is 2.38. The van der Waals surface area contributed by atoms with Crippen LogP contribution in [0.15, 0.2) is 24.5 Å². The van der Waals surface area contributed by atoms with Crippen molar-refractivity contribution in [3.05, 3.63) is 41.7 Å². The average molecular weight is 347 g/mol. The minimum atomic E-state index is -0.690. The largest absolute Gasteiger partial charge is 0.385 e. The number of nitrogens with one attached hydrogen (secondary N) is 1. The van der Waals surface area contributed by atoms with Gasteiger partial charge in [0.05, 0.1) is 24.3 Å². The highest BCUT2D eigenvalue weighted by molar-refractivity contribution is 6.01. The van der Waals surface area contributed by atoms with E-state index in [1.807, 2.05) is 23.0 Å². The van der Waals surface area contributed by atoms with Gasteiger partial charge in [-0.3, -0.25) is 4.68 Å². The summed E-state index contributed by atoms with van der Waals surface area (Å²) in [4.78, 5) is 12.2. The highest BCUT2D eigenvalue weighted by Crippen LogP contribution is 2.34. The maximum Gasteiger partial charge on any atom is 0.162 e. The van der Waals surface area contributed by atoms with Crippen molar-refractivity contribution < 1.29 is 5.11 Å². The molecule has 2 atom stereocenters. The van der Waals surface area contributed by atoms with Crippen molar-refractivity contribution in [3.8, 4) is 6.07 Å². The molecule has 1 aliphatic heterocycles. The van der Waals surface area contributed by atoms with Crippen LogP contribution in [0.2, 0.25) is 0 Å². The first-order valence-corrected chi connectivity index (χ1v) is 8.64. The average Bonchev–Trinajstić information content (AvgIpc) is 3.34.